The quantitative estimate of drug-likeness (QED) is 0.578. The summed E-state index contributed by atoms with van der Waals surface area (Å²) in [5, 5.41) is 8.58. The molecule has 1 saturated carbocycles. The van der Waals surface area contributed by atoms with Gasteiger partial charge in [-0.3, -0.25) is 19.3 Å². The smallest absolute Gasteiger partial charge is 0.349 e. The van der Waals surface area contributed by atoms with E-state index in [0.717, 1.165) is 63.5 Å². The predicted octanol–water partition coefficient (Wildman–Crippen LogP) is 2.62. The predicted molar refractivity (Wildman–Crippen MR) is 118 cm³/mol. The second-order valence-corrected chi connectivity index (χ2v) is 10.1. The number of carbonyl (C=O) groups excluding carboxylic acids is 3. The number of nitrogens with zero attached hydrogens (tertiary/aromatic N) is 1. The summed E-state index contributed by atoms with van der Waals surface area (Å²) in [6, 6.07) is 4.60. The molecular formula is C22H27F3N4O3S. The van der Waals surface area contributed by atoms with Gasteiger partial charge in [-0.25, -0.2) is 0 Å². The lowest BCUT2D eigenvalue weighted by Crippen LogP contribution is -2.63. The van der Waals surface area contributed by atoms with E-state index in [1.54, 1.807) is 0 Å². The third-order valence-corrected chi connectivity index (χ3v) is 7.84. The van der Waals surface area contributed by atoms with Crippen molar-refractivity contribution in [3.05, 3.63) is 35.4 Å². The number of nitrogens with one attached hydrogen (secondary N) is 3. The average Bonchev–Trinajstić information content (AvgIpc) is 3.20. The highest BCUT2D eigenvalue weighted by Crippen LogP contribution is 2.37. The SMILES string of the molecule is O=C(CNC(=O)c1cccc(C(F)(F)F)c1)NC1CN(C2CCC(C3CNC(=O)S3)CC2)C1. The first-order valence-corrected chi connectivity index (χ1v) is 12.0. The van der Waals surface area contributed by atoms with Crippen LogP contribution >= 0.6 is 11.8 Å². The van der Waals surface area contributed by atoms with Gasteiger partial charge in [-0.15, -0.1) is 0 Å². The number of alkyl halides is 3. The van der Waals surface area contributed by atoms with Crippen LogP contribution in [0.4, 0.5) is 18.0 Å². The molecule has 1 atom stereocenters. The second-order valence-electron chi connectivity index (χ2n) is 8.87. The van der Waals surface area contributed by atoms with Gasteiger partial charge >= 0.3 is 6.18 Å². The van der Waals surface area contributed by atoms with Crippen molar-refractivity contribution < 1.29 is 27.6 Å². The number of hydrogen-bond donors (Lipinski definition) is 3. The van der Waals surface area contributed by atoms with E-state index in [-0.39, 0.29) is 29.3 Å². The van der Waals surface area contributed by atoms with Crippen LogP contribution in [0.15, 0.2) is 24.3 Å². The van der Waals surface area contributed by atoms with Crippen molar-refractivity contribution >= 4 is 28.8 Å². The Labute approximate surface area is 194 Å². The maximum absolute atomic E-state index is 12.8. The van der Waals surface area contributed by atoms with Crippen molar-refractivity contribution in [1.29, 1.82) is 0 Å². The fraction of sp³-hybridized carbons (Fsp3) is 0.591. The van der Waals surface area contributed by atoms with Gasteiger partial charge in [-0.05, 0) is 49.8 Å². The first-order valence-electron chi connectivity index (χ1n) is 11.1. The van der Waals surface area contributed by atoms with Gasteiger partial charge in [0.15, 0.2) is 0 Å². The molecule has 1 unspecified atom stereocenters. The zero-order chi connectivity index (χ0) is 23.6. The Morgan fingerprint density at radius 2 is 1.88 bits per heavy atom. The number of carbonyl (C=O) groups is 3. The van der Waals surface area contributed by atoms with Crippen LogP contribution in [0.2, 0.25) is 0 Å². The molecule has 1 aromatic carbocycles. The molecule has 7 nitrogen and oxygen atoms in total. The first kappa shape index (κ1) is 23.9. The summed E-state index contributed by atoms with van der Waals surface area (Å²) >= 11 is 1.42. The second kappa shape index (κ2) is 9.92. The van der Waals surface area contributed by atoms with Crippen LogP contribution in [-0.4, -0.2) is 65.5 Å². The largest absolute Gasteiger partial charge is 0.416 e. The summed E-state index contributed by atoms with van der Waals surface area (Å²) in [4.78, 5) is 38.0. The van der Waals surface area contributed by atoms with Gasteiger partial charge in [-0.2, -0.15) is 13.2 Å². The Balaban J connectivity index is 1.14. The Morgan fingerprint density at radius 1 is 1.15 bits per heavy atom. The van der Waals surface area contributed by atoms with E-state index in [2.05, 4.69) is 20.9 Å². The monoisotopic (exact) mass is 484 g/mol. The minimum Gasteiger partial charge on any atom is -0.349 e. The number of likely N-dealkylation sites (tertiary alicyclic amines) is 1. The van der Waals surface area contributed by atoms with Gasteiger partial charge in [0, 0.05) is 36.5 Å². The van der Waals surface area contributed by atoms with Crippen LogP contribution in [0, 0.1) is 5.92 Å². The van der Waals surface area contributed by atoms with Crippen molar-refractivity contribution in [3.8, 4) is 0 Å². The lowest BCUT2D eigenvalue weighted by molar-refractivity contribution is -0.137. The summed E-state index contributed by atoms with van der Waals surface area (Å²) in [6.45, 7) is 1.98. The highest BCUT2D eigenvalue weighted by Gasteiger charge is 2.38. The molecule has 2 heterocycles. The fourth-order valence-electron chi connectivity index (χ4n) is 4.79. The van der Waals surface area contributed by atoms with E-state index >= 15 is 0 Å². The Morgan fingerprint density at radius 3 is 2.52 bits per heavy atom. The van der Waals surface area contributed by atoms with E-state index in [1.807, 2.05) is 0 Å². The lowest BCUT2D eigenvalue weighted by Gasteiger charge is -2.47. The number of amides is 3. The summed E-state index contributed by atoms with van der Waals surface area (Å²) in [5.41, 5.74) is -1.05. The van der Waals surface area contributed by atoms with Gasteiger partial charge in [0.05, 0.1) is 18.2 Å². The molecule has 3 aliphatic rings. The average molecular weight is 485 g/mol. The van der Waals surface area contributed by atoms with Crippen LogP contribution in [0.25, 0.3) is 0 Å². The molecule has 0 radical (unpaired) electrons. The summed E-state index contributed by atoms with van der Waals surface area (Å²) in [6.07, 6.45) is -0.152. The molecular weight excluding hydrogens is 457 g/mol. The van der Waals surface area contributed by atoms with Crippen molar-refractivity contribution in [2.75, 3.05) is 26.2 Å². The third kappa shape index (κ3) is 6.00. The zero-order valence-corrected chi connectivity index (χ0v) is 18.8. The molecule has 0 aromatic heterocycles. The zero-order valence-electron chi connectivity index (χ0n) is 18.0. The molecule has 3 fully saturated rings. The van der Waals surface area contributed by atoms with Crippen LogP contribution in [0.3, 0.4) is 0 Å². The number of thioether (sulfide) groups is 1. The normalized spacial score (nSPS) is 26.4. The van der Waals surface area contributed by atoms with Crippen LogP contribution < -0.4 is 16.0 Å². The topological polar surface area (TPSA) is 90.5 Å². The van der Waals surface area contributed by atoms with Crippen molar-refractivity contribution in [1.82, 2.24) is 20.9 Å². The standard InChI is InChI=1S/C22H27F3N4O3S/c23-22(24,25)15-3-1-2-14(8-15)20(31)26-10-19(30)28-16-11-29(12-16)17-6-4-13(5-7-17)18-9-27-21(32)33-18/h1-3,8,13,16-18H,4-7,9-12H2,(H,26,31)(H,27,32)(H,28,30). The maximum atomic E-state index is 12.8. The third-order valence-electron chi connectivity index (χ3n) is 6.63. The van der Waals surface area contributed by atoms with E-state index in [9.17, 15) is 27.6 Å². The summed E-state index contributed by atoms with van der Waals surface area (Å²) in [5.74, 6) is -0.512. The van der Waals surface area contributed by atoms with Crippen LogP contribution in [0.1, 0.15) is 41.6 Å². The van der Waals surface area contributed by atoms with Crippen molar-refractivity contribution in [2.45, 2.75) is 49.2 Å². The summed E-state index contributed by atoms with van der Waals surface area (Å²) in [7, 11) is 0. The first-order chi connectivity index (χ1) is 15.7. The molecule has 0 spiro atoms. The molecule has 3 N–H and O–H groups in total. The molecule has 1 aromatic rings. The molecule has 180 valence electrons. The Kier molecular flexibility index (Phi) is 7.18. The van der Waals surface area contributed by atoms with Gasteiger partial charge in [0.25, 0.3) is 11.1 Å². The van der Waals surface area contributed by atoms with Gasteiger partial charge in [-0.1, -0.05) is 17.8 Å². The highest BCUT2D eigenvalue weighted by molar-refractivity contribution is 8.14. The van der Waals surface area contributed by atoms with E-state index in [1.165, 1.54) is 17.8 Å². The molecule has 4 rings (SSSR count). The van der Waals surface area contributed by atoms with E-state index < -0.39 is 17.6 Å². The number of halogens is 3. The van der Waals surface area contributed by atoms with Crippen LogP contribution in [0.5, 0.6) is 0 Å². The van der Waals surface area contributed by atoms with Gasteiger partial charge in [0.1, 0.15) is 0 Å². The summed E-state index contributed by atoms with van der Waals surface area (Å²) < 4.78 is 38.4. The van der Waals surface area contributed by atoms with Crippen molar-refractivity contribution in [3.63, 3.8) is 0 Å². The molecule has 1 aliphatic carbocycles. The van der Waals surface area contributed by atoms with E-state index in [0.29, 0.717) is 17.2 Å². The minimum atomic E-state index is -4.53. The Bertz CT molecular complexity index is 899. The Hall–Kier alpha value is -2.27. The number of rotatable bonds is 6. The highest BCUT2D eigenvalue weighted by atomic mass is 32.2. The fourth-order valence-corrected chi connectivity index (χ4v) is 5.86. The maximum Gasteiger partial charge on any atom is 0.416 e. The number of benzene rings is 1. The van der Waals surface area contributed by atoms with E-state index in [4.69, 9.17) is 0 Å². The number of hydrogen-bond acceptors (Lipinski definition) is 5. The molecule has 11 heteroatoms. The van der Waals surface area contributed by atoms with Gasteiger partial charge < -0.3 is 16.0 Å². The van der Waals surface area contributed by atoms with Crippen LogP contribution in [-0.2, 0) is 11.0 Å². The molecule has 3 amide bonds. The molecule has 2 saturated heterocycles. The molecule has 0 bridgehead atoms. The van der Waals surface area contributed by atoms with Crippen molar-refractivity contribution in [2.24, 2.45) is 5.92 Å². The molecule has 33 heavy (non-hydrogen) atoms. The minimum absolute atomic E-state index is 0.00731. The lowest BCUT2D eigenvalue weighted by atomic mass is 9.82. The molecule has 2 aliphatic heterocycles. The van der Waals surface area contributed by atoms with Gasteiger partial charge in [0.2, 0.25) is 5.91 Å².